The first-order valence-corrected chi connectivity index (χ1v) is 10.8. The molecule has 0 aromatic rings. The molecule has 5 aliphatic rings. The number of allylic oxidation sites excluding steroid dienone is 1. The number of hydrogen-bond donors (Lipinski definition) is 0. The van der Waals surface area contributed by atoms with Gasteiger partial charge in [0, 0.05) is 6.08 Å². The first kappa shape index (κ1) is 20.4. The Bertz CT molecular complexity index is 795. The summed E-state index contributed by atoms with van der Waals surface area (Å²) < 4.78 is 11.3. The van der Waals surface area contributed by atoms with Gasteiger partial charge in [0.2, 0.25) is 0 Å². The number of rotatable bonds is 3. The minimum atomic E-state index is -0.872. The van der Waals surface area contributed by atoms with E-state index >= 15 is 0 Å². The van der Waals surface area contributed by atoms with Gasteiger partial charge in [0.25, 0.3) is 0 Å². The Morgan fingerprint density at radius 1 is 1.14 bits per heavy atom. The second-order valence-electron chi connectivity index (χ2n) is 10.2. The fourth-order valence-corrected chi connectivity index (χ4v) is 7.65. The molecule has 0 aromatic carbocycles. The summed E-state index contributed by atoms with van der Waals surface area (Å²) in [6.07, 6.45) is 6.02. The molecule has 0 amide bonds. The van der Waals surface area contributed by atoms with Gasteiger partial charge < -0.3 is 9.47 Å². The Hall–Kier alpha value is -1.91. The molecule has 5 saturated carbocycles. The second-order valence-corrected chi connectivity index (χ2v) is 10.2. The van der Waals surface area contributed by atoms with Gasteiger partial charge in [-0.25, -0.2) is 4.79 Å². The van der Waals surface area contributed by atoms with Crippen LogP contribution in [0.15, 0.2) is 24.8 Å². The van der Waals surface area contributed by atoms with E-state index in [1.807, 2.05) is 0 Å². The van der Waals surface area contributed by atoms with Crippen molar-refractivity contribution in [2.75, 3.05) is 7.11 Å². The number of ether oxygens (including phenoxy) is 2. The standard InChI is InChI=1S/C24H32O5/c1-6-19(25)29-18-13-16-22(3,4)9-7-10-23(16,21(27)28-5)17-12-15-8-11-24(17,18)20(26)14(15)2/h6,15-18H,1-2,7-13H2,3-5H3/t15-,16?,17?,18+,23?,24+/m0/s1. The lowest BCUT2D eigenvalue weighted by molar-refractivity contribution is -0.232. The van der Waals surface area contributed by atoms with Gasteiger partial charge in [0.05, 0.1) is 17.9 Å². The van der Waals surface area contributed by atoms with Crippen molar-refractivity contribution in [3.63, 3.8) is 0 Å². The van der Waals surface area contributed by atoms with E-state index in [9.17, 15) is 14.4 Å². The molecule has 5 aliphatic carbocycles. The molecule has 0 aliphatic heterocycles. The quantitative estimate of drug-likeness (QED) is 0.529. The van der Waals surface area contributed by atoms with Crippen molar-refractivity contribution in [3.8, 4) is 0 Å². The lowest BCUT2D eigenvalue weighted by Gasteiger charge is -2.67. The molecular weight excluding hydrogens is 368 g/mol. The summed E-state index contributed by atoms with van der Waals surface area (Å²) in [7, 11) is 1.45. The smallest absolute Gasteiger partial charge is 0.330 e. The third kappa shape index (κ3) is 2.48. The number of carbonyl (C=O) groups is 3. The van der Waals surface area contributed by atoms with Gasteiger partial charge in [0.15, 0.2) is 5.78 Å². The van der Waals surface area contributed by atoms with Crippen molar-refractivity contribution in [2.45, 2.75) is 64.9 Å². The molecule has 158 valence electrons. The SMILES string of the molecule is C=CC(=O)O[C@@H]1CC2C(C)(C)CCCC2(C(=O)OC)C2C[C@@H]3CC[C@@]21C(=O)C3=C. The van der Waals surface area contributed by atoms with Gasteiger partial charge in [-0.05, 0) is 67.3 Å². The Labute approximate surface area is 172 Å². The third-order valence-electron chi connectivity index (χ3n) is 8.87. The van der Waals surface area contributed by atoms with E-state index in [1.165, 1.54) is 7.11 Å². The number of hydrogen-bond acceptors (Lipinski definition) is 5. The second kappa shape index (κ2) is 6.55. The topological polar surface area (TPSA) is 69.7 Å². The van der Waals surface area contributed by atoms with Crippen LogP contribution in [0.3, 0.4) is 0 Å². The largest absolute Gasteiger partial charge is 0.469 e. The highest BCUT2D eigenvalue weighted by molar-refractivity contribution is 6.03. The molecule has 0 aromatic heterocycles. The van der Waals surface area contributed by atoms with Gasteiger partial charge >= 0.3 is 11.9 Å². The van der Waals surface area contributed by atoms with Crippen LogP contribution < -0.4 is 0 Å². The zero-order chi connectivity index (χ0) is 21.2. The third-order valence-corrected chi connectivity index (χ3v) is 8.87. The van der Waals surface area contributed by atoms with Crippen LogP contribution in [-0.2, 0) is 23.9 Å². The molecule has 5 heteroatoms. The minimum absolute atomic E-state index is 0.00281. The van der Waals surface area contributed by atoms with E-state index in [1.54, 1.807) is 0 Å². The van der Waals surface area contributed by atoms with Crippen molar-refractivity contribution in [3.05, 3.63) is 24.8 Å². The molecule has 5 fully saturated rings. The summed E-state index contributed by atoms with van der Waals surface area (Å²) in [4.78, 5) is 39.3. The molecule has 0 saturated heterocycles. The van der Waals surface area contributed by atoms with Gasteiger partial charge in [-0.15, -0.1) is 0 Å². The zero-order valence-corrected chi connectivity index (χ0v) is 17.8. The van der Waals surface area contributed by atoms with Crippen molar-refractivity contribution < 1.29 is 23.9 Å². The maximum Gasteiger partial charge on any atom is 0.330 e. The normalized spacial score (nSPS) is 42.4. The first-order valence-electron chi connectivity index (χ1n) is 10.8. The summed E-state index contributed by atoms with van der Waals surface area (Å²) in [5, 5.41) is 0. The van der Waals surface area contributed by atoms with E-state index in [0.717, 1.165) is 38.2 Å². The van der Waals surface area contributed by atoms with Gasteiger partial charge in [-0.2, -0.15) is 0 Å². The fraction of sp³-hybridized carbons (Fsp3) is 0.708. The number of ketones is 1. The number of fused-ring (bicyclic) bond motifs is 3. The van der Waals surface area contributed by atoms with Crippen molar-refractivity contribution in [1.82, 2.24) is 0 Å². The highest BCUT2D eigenvalue weighted by Crippen LogP contribution is 2.71. The lowest BCUT2D eigenvalue weighted by atomic mass is 9.35. The average molecular weight is 401 g/mol. The Kier molecular flexibility index (Phi) is 4.60. The minimum Gasteiger partial charge on any atom is -0.469 e. The monoisotopic (exact) mass is 400 g/mol. The number of carbonyl (C=O) groups excluding carboxylic acids is 3. The van der Waals surface area contributed by atoms with Gasteiger partial charge in [-0.3, -0.25) is 9.59 Å². The number of methoxy groups -OCH3 is 1. The van der Waals surface area contributed by atoms with Crippen LogP contribution >= 0.6 is 0 Å². The van der Waals surface area contributed by atoms with Crippen molar-refractivity contribution in [1.29, 1.82) is 0 Å². The Morgan fingerprint density at radius 2 is 1.86 bits per heavy atom. The van der Waals surface area contributed by atoms with Crippen LogP contribution in [0.1, 0.15) is 58.8 Å². The van der Waals surface area contributed by atoms with E-state index in [0.29, 0.717) is 18.4 Å². The molecule has 0 N–H and O–H groups in total. The molecule has 0 radical (unpaired) electrons. The van der Waals surface area contributed by atoms with Crippen LogP contribution in [0.5, 0.6) is 0 Å². The number of Topliss-reactive ketones (excluding diaryl/α,β-unsaturated/α-hetero) is 1. The highest BCUT2D eigenvalue weighted by Gasteiger charge is 2.74. The molecule has 0 heterocycles. The van der Waals surface area contributed by atoms with E-state index in [2.05, 4.69) is 27.0 Å². The van der Waals surface area contributed by atoms with Gasteiger partial charge in [-0.1, -0.05) is 33.4 Å². The van der Waals surface area contributed by atoms with E-state index in [4.69, 9.17) is 9.47 Å². The molecule has 3 unspecified atom stereocenters. The maximum absolute atomic E-state index is 13.6. The summed E-state index contributed by atoms with van der Waals surface area (Å²) in [5.41, 5.74) is -1.05. The van der Waals surface area contributed by atoms with Crippen molar-refractivity contribution in [2.24, 2.45) is 34.0 Å². The zero-order valence-electron chi connectivity index (χ0n) is 17.8. The fourth-order valence-electron chi connectivity index (χ4n) is 7.65. The highest BCUT2D eigenvalue weighted by atomic mass is 16.5. The molecule has 1 spiro atoms. The molecular formula is C24H32O5. The van der Waals surface area contributed by atoms with E-state index < -0.39 is 22.9 Å². The molecule has 5 nitrogen and oxygen atoms in total. The molecule has 2 bridgehead atoms. The summed E-state index contributed by atoms with van der Waals surface area (Å²) in [6.45, 7) is 12.0. The molecule has 6 atom stereocenters. The van der Waals surface area contributed by atoms with Crippen LogP contribution in [-0.4, -0.2) is 30.9 Å². The maximum atomic E-state index is 13.6. The van der Waals surface area contributed by atoms with Crippen LogP contribution in [0.4, 0.5) is 0 Å². The van der Waals surface area contributed by atoms with Gasteiger partial charge in [0.1, 0.15) is 6.10 Å². The predicted molar refractivity (Wildman–Crippen MR) is 108 cm³/mol. The molecule has 29 heavy (non-hydrogen) atoms. The number of esters is 2. The predicted octanol–water partition coefficient (Wildman–Crippen LogP) is 4.02. The summed E-state index contributed by atoms with van der Waals surface area (Å²) >= 11 is 0. The average Bonchev–Trinajstić information content (AvgIpc) is 2.70. The van der Waals surface area contributed by atoms with Crippen LogP contribution in [0.2, 0.25) is 0 Å². The van der Waals surface area contributed by atoms with Crippen molar-refractivity contribution >= 4 is 17.7 Å². The Balaban J connectivity index is 1.92. The Morgan fingerprint density at radius 3 is 2.52 bits per heavy atom. The lowest BCUT2D eigenvalue weighted by Crippen LogP contribution is -2.71. The van der Waals surface area contributed by atoms with Crippen LogP contribution in [0, 0.1) is 34.0 Å². The summed E-state index contributed by atoms with van der Waals surface area (Å²) in [5.74, 6) is -0.782. The molecule has 5 rings (SSSR count). The first-order chi connectivity index (χ1) is 13.6. The summed E-state index contributed by atoms with van der Waals surface area (Å²) in [6, 6.07) is 0. The van der Waals surface area contributed by atoms with Crippen LogP contribution in [0.25, 0.3) is 0 Å². The van der Waals surface area contributed by atoms with E-state index in [-0.39, 0.29) is 34.9 Å².